The molecule has 1 unspecified atom stereocenters. The number of carbonyl (C=O) groups is 2. The molecule has 0 aliphatic carbocycles. The summed E-state index contributed by atoms with van der Waals surface area (Å²) in [7, 11) is 0. The second kappa shape index (κ2) is 5.84. The predicted octanol–water partition coefficient (Wildman–Crippen LogP) is 0.437. The quantitative estimate of drug-likeness (QED) is 0.715. The fraction of sp³-hybridized carbons (Fsp3) is 0.818. The summed E-state index contributed by atoms with van der Waals surface area (Å²) in [5.74, 6) is -1.34. The molecule has 1 amide bonds. The Bertz CT molecular complexity index is 268. The predicted molar refractivity (Wildman–Crippen MR) is 59.8 cm³/mol. The SMILES string of the molecule is CCCC[C@H](N)C(=O)N1CCC(C(=O)O)C1. The molecule has 92 valence electrons. The molecule has 1 heterocycles. The van der Waals surface area contributed by atoms with Crippen molar-refractivity contribution < 1.29 is 14.7 Å². The van der Waals surface area contributed by atoms with E-state index < -0.39 is 17.9 Å². The lowest BCUT2D eigenvalue weighted by atomic mass is 10.1. The average molecular weight is 228 g/mol. The highest BCUT2D eigenvalue weighted by atomic mass is 16.4. The van der Waals surface area contributed by atoms with Crippen molar-refractivity contribution in [2.24, 2.45) is 11.7 Å². The molecule has 3 N–H and O–H groups in total. The molecular formula is C11H20N2O3. The van der Waals surface area contributed by atoms with Crippen LogP contribution in [0.1, 0.15) is 32.6 Å². The Morgan fingerprint density at radius 3 is 2.75 bits per heavy atom. The van der Waals surface area contributed by atoms with E-state index in [0.717, 1.165) is 12.8 Å². The number of hydrogen-bond donors (Lipinski definition) is 2. The minimum absolute atomic E-state index is 0.0998. The van der Waals surface area contributed by atoms with Crippen LogP contribution in [0.15, 0.2) is 0 Å². The minimum atomic E-state index is -0.822. The van der Waals surface area contributed by atoms with Gasteiger partial charge in [-0.3, -0.25) is 9.59 Å². The third kappa shape index (κ3) is 3.20. The summed E-state index contributed by atoms with van der Waals surface area (Å²) < 4.78 is 0. The molecule has 16 heavy (non-hydrogen) atoms. The number of carboxylic acid groups (broad SMARTS) is 1. The smallest absolute Gasteiger partial charge is 0.308 e. The van der Waals surface area contributed by atoms with Gasteiger partial charge in [-0.05, 0) is 12.8 Å². The number of likely N-dealkylation sites (tertiary alicyclic amines) is 1. The maximum absolute atomic E-state index is 11.8. The summed E-state index contributed by atoms with van der Waals surface area (Å²) >= 11 is 0. The van der Waals surface area contributed by atoms with E-state index in [1.54, 1.807) is 4.90 Å². The van der Waals surface area contributed by atoms with E-state index in [9.17, 15) is 9.59 Å². The topological polar surface area (TPSA) is 83.6 Å². The van der Waals surface area contributed by atoms with Crippen molar-refractivity contribution in [1.29, 1.82) is 0 Å². The number of hydrogen-bond acceptors (Lipinski definition) is 3. The fourth-order valence-corrected chi connectivity index (χ4v) is 1.94. The molecule has 5 nitrogen and oxygen atoms in total. The van der Waals surface area contributed by atoms with Crippen molar-refractivity contribution in [2.75, 3.05) is 13.1 Å². The summed E-state index contributed by atoms with van der Waals surface area (Å²) in [6.07, 6.45) is 3.17. The lowest BCUT2D eigenvalue weighted by Gasteiger charge is -2.20. The van der Waals surface area contributed by atoms with Crippen LogP contribution in [-0.2, 0) is 9.59 Å². The minimum Gasteiger partial charge on any atom is -0.481 e. The Balaban J connectivity index is 2.41. The number of nitrogens with zero attached hydrogens (tertiary/aromatic N) is 1. The van der Waals surface area contributed by atoms with Crippen LogP contribution < -0.4 is 5.73 Å². The number of aliphatic carboxylic acids is 1. The van der Waals surface area contributed by atoms with Gasteiger partial charge in [0.1, 0.15) is 0 Å². The molecule has 1 aliphatic rings. The molecule has 1 fully saturated rings. The van der Waals surface area contributed by atoms with Crippen molar-refractivity contribution in [3.8, 4) is 0 Å². The third-order valence-corrected chi connectivity index (χ3v) is 3.04. The van der Waals surface area contributed by atoms with E-state index in [0.29, 0.717) is 25.9 Å². The maximum atomic E-state index is 11.8. The van der Waals surface area contributed by atoms with E-state index in [-0.39, 0.29) is 5.91 Å². The molecule has 1 aliphatic heterocycles. The zero-order chi connectivity index (χ0) is 12.1. The molecular weight excluding hydrogens is 208 g/mol. The van der Waals surface area contributed by atoms with E-state index in [4.69, 9.17) is 10.8 Å². The summed E-state index contributed by atoms with van der Waals surface area (Å²) in [6, 6.07) is -0.465. The molecule has 2 atom stereocenters. The van der Waals surface area contributed by atoms with Crippen LogP contribution in [0.3, 0.4) is 0 Å². The number of nitrogens with two attached hydrogens (primary N) is 1. The van der Waals surface area contributed by atoms with Gasteiger partial charge in [0.25, 0.3) is 0 Å². The summed E-state index contributed by atoms with van der Waals surface area (Å²) in [5.41, 5.74) is 5.77. The van der Waals surface area contributed by atoms with E-state index in [1.165, 1.54) is 0 Å². The Morgan fingerprint density at radius 2 is 2.25 bits per heavy atom. The van der Waals surface area contributed by atoms with Crippen molar-refractivity contribution in [2.45, 2.75) is 38.6 Å². The van der Waals surface area contributed by atoms with Crippen LogP contribution in [-0.4, -0.2) is 41.0 Å². The molecule has 5 heteroatoms. The first-order chi connectivity index (χ1) is 7.56. The zero-order valence-electron chi connectivity index (χ0n) is 9.69. The van der Waals surface area contributed by atoms with Crippen molar-refractivity contribution in [3.05, 3.63) is 0 Å². The van der Waals surface area contributed by atoms with Gasteiger partial charge in [-0.15, -0.1) is 0 Å². The van der Waals surface area contributed by atoms with Crippen molar-refractivity contribution in [3.63, 3.8) is 0 Å². The van der Waals surface area contributed by atoms with Gasteiger partial charge in [0.05, 0.1) is 12.0 Å². The van der Waals surface area contributed by atoms with Gasteiger partial charge < -0.3 is 15.7 Å². The summed E-state index contributed by atoms with van der Waals surface area (Å²) in [6.45, 7) is 2.89. The normalized spacial score (nSPS) is 22.1. The van der Waals surface area contributed by atoms with Gasteiger partial charge >= 0.3 is 5.97 Å². The van der Waals surface area contributed by atoms with Gasteiger partial charge in [-0.1, -0.05) is 19.8 Å². The highest BCUT2D eigenvalue weighted by Gasteiger charge is 2.32. The van der Waals surface area contributed by atoms with Crippen LogP contribution in [0.2, 0.25) is 0 Å². The number of amides is 1. The molecule has 1 saturated heterocycles. The number of carbonyl (C=O) groups excluding carboxylic acids is 1. The number of rotatable bonds is 5. The Morgan fingerprint density at radius 1 is 1.56 bits per heavy atom. The largest absolute Gasteiger partial charge is 0.481 e. The van der Waals surface area contributed by atoms with Crippen LogP contribution in [0.5, 0.6) is 0 Å². The molecule has 0 saturated carbocycles. The van der Waals surface area contributed by atoms with E-state index >= 15 is 0 Å². The highest BCUT2D eigenvalue weighted by molar-refractivity contribution is 5.83. The van der Waals surface area contributed by atoms with Gasteiger partial charge in [-0.2, -0.15) is 0 Å². The van der Waals surface area contributed by atoms with Gasteiger partial charge in [0.2, 0.25) is 5.91 Å². The lowest BCUT2D eigenvalue weighted by Crippen LogP contribution is -2.42. The third-order valence-electron chi connectivity index (χ3n) is 3.04. The average Bonchev–Trinajstić information content (AvgIpc) is 2.74. The van der Waals surface area contributed by atoms with Crippen LogP contribution in [0, 0.1) is 5.92 Å². The Kier molecular flexibility index (Phi) is 4.73. The zero-order valence-corrected chi connectivity index (χ0v) is 9.69. The summed E-state index contributed by atoms with van der Waals surface area (Å²) in [4.78, 5) is 24.2. The van der Waals surface area contributed by atoms with Gasteiger partial charge in [0.15, 0.2) is 0 Å². The maximum Gasteiger partial charge on any atom is 0.308 e. The monoisotopic (exact) mass is 228 g/mol. The summed E-state index contributed by atoms with van der Waals surface area (Å²) in [5, 5.41) is 8.82. The molecule has 0 spiro atoms. The van der Waals surface area contributed by atoms with E-state index in [2.05, 4.69) is 0 Å². The Hall–Kier alpha value is -1.10. The first-order valence-electron chi connectivity index (χ1n) is 5.83. The lowest BCUT2D eigenvalue weighted by molar-refractivity contribution is -0.141. The van der Waals surface area contributed by atoms with Gasteiger partial charge in [0, 0.05) is 13.1 Å². The number of unbranched alkanes of at least 4 members (excludes halogenated alkanes) is 1. The molecule has 0 bridgehead atoms. The second-order valence-corrected chi connectivity index (χ2v) is 4.36. The van der Waals surface area contributed by atoms with E-state index in [1.807, 2.05) is 6.92 Å². The standard InChI is InChI=1S/C11H20N2O3/c1-2-3-4-9(12)10(14)13-6-5-8(7-13)11(15)16/h8-9H,2-7,12H2,1H3,(H,15,16)/t8?,9-/m0/s1. The van der Waals surface area contributed by atoms with Crippen molar-refractivity contribution in [1.82, 2.24) is 4.90 Å². The molecule has 1 rings (SSSR count). The molecule has 0 aromatic heterocycles. The van der Waals surface area contributed by atoms with Gasteiger partial charge in [-0.25, -0.2) is 0 Å². The van der Waals surface area contributed by atoms with Crippen LogP contribution in [0.25, 0.3) is 0 Å². The first kappa shape index (κ1) is 13.0. The molecule has 0 radical (unpaired) electrons. The first-order valence-corrected chi connectivity index (χ1v) is 5.83. The van der Waals surface area contributed by atoms with Crippen molar-refractivity contribution >= 4 is 11.9 Å². The Labute approximate surface area is 95.6 Å². The highest BCUT2D eigenvalue weighted by Crippen LogP contribution is 2.17. The second-order valence-electron chi connectivity index (χ2n) is 4.36. The van der Waals surface area contributed by atoms with Crippen LogP contribution >= 0.6 is 0 Å². The molecule has 0 aromatic rings. The number of carboxylic acids is 1. The molecule has 0 aromatic carbocycles. The van der Waals surface area contributed by atoms with Crippen LogP contribution in [0.4, 0.5) is 0 Å². The fourth-order valence-electron chi connectivity index (χ4n) is 1.94.